The monoisotopic (exact) mass is 457 g/mol. The number of para-hydroxylation sites is 1. The molecule has 4 rings (SSSR count). The van der Waals surface area contributed by atoms with Crippen LogP contribution in [0.1, 0.15) is 10.4 Å². The van der Waals surface area contributed by atoms with Crippen molar-refractivity contribution in [2.24, 2.45) is 0 Å². The molecule has 3 heterocycles. The van der Waals surface area contributed by atoms with E-state index in [0.717, 1.165) is 4.88 Å². The molecule has 9 heteroatoms. The number of thiophene rings is 1. The van der Waals surface area contributed by atoms with Gasteiger partial charge >= 0.3 is 5.97 Å². The van der Waals surface area contributed by atoms with Crippen LogP contribution in [0.15, 0.2) is 60.1 Å². The molecule has 0 fully saturated rings. The highest BCUT2D eigenvalue weighted by molar-refractivity contribution is 7.13. The summed E-state index contributed by atoms with van der Waals surface area (Å²) in [7, 11) is 0. The first-order valence-electron chi connectivity index (χ1n) is 8.73. The maximum Gasteiger partial charge on any atom is 0.339 e. The summed E-state index contributed by atoms with van der Waals surface area (Å²) < 4.78 is 5.23. The molecule has 1 N–H and O–H groups in total. The Kier molecular flexibility index (Phi) is 5.94. The van der Waals surface area contributed by atoms with E-state index in [-0.39, 0.29) is 10.8 Å². The van der Waals surface area contributed by atoms with Crippen LogP contribution in [0, 0.1) is 0 Å². The van der Waals surface area contributed by atoms with Gasteiger partial charge < -0.3 is 10.1 Å². The van der Waals surface area contributed by atoms with Gasteiger partial charge in [0.15, 0.2) is 12.4 Å². The number of halogens is 2. The number of aromatic nitrogens is 2. The van der Waals surface area contributed by atoms with Crippen molar-refractivity contribution in [1.29, 1.82) is 0 Å². The fourth-order valence-corrected chi connectivity index (χ4v) is 3.89. The molecule has 0 saturated carbocycles. The molecular formula is C21H13Cl2N3O3S. The number of carbonyl (C=O) groups excluding carboxylic acids is 2. The minimum Gasteiger partial charge on any atom is -0.452 e. The van der Waals surface area contributed by atoms with Gasteiger partial charge in [-0.15, -0.1) is 11.3 Å². The molecule has 1 amide bonds. The summed E-state index contributed by atoms with van der Waals surface area (Å²) in [5.41, 5.74) is 1.66. The Labute approximate surface area is 185 Å². The van der Waals surface area contributed by atoms with E-state index in [1.54, 1.807) is 12.1 Å². The van der Waals surface area contributed by atoms with E-state index in [9.17, 15) is 9.59 Å². The number of esters is 1. The number of benzene rings is 1. The van der Waals surface area contributed by atoms with Crippen LogP contribution in [0.5, 0.6) is 0 Å². The highest BCUT2D eigenvalue weighted by atomic mass is 35.5. The number of ether oxygens (including phenoxy) is 1. The van der Waals surface area contributed by atoms with Gasteiger partial charge in [0.05, 0.1) is 31.7 Å². The van der Waals surface area contributed by atoms with Crippen LogP contribution in [0.25, 0.3) is 21.5 Å². The van der Waals surface area contributed by atoms with Gasteiger partial charge in [-0.05, 0) is 29.6 Å². The largest absolute Gasteiger partial charge is 0.452 e. The number of anilines is 1. The number of pyridine rings is 2. The molecule has 30 heavy (non-hydrogen) atoms. The molecule has 0 atom stereocenters. The molecule has 0 aliphatic carbocycles. The Morgan fingerprint density at radius 3 is 2.70 bits per heavy atom. The fraction of sp³-hybridized carbons (Fsp3) is 0.0476. The number of carbonyl (C=O) groups is 2. The van der Waals surface area contributed by atoms with E-state index in [1.165, 1.54) is 23.6 Å². The SMILES string of the molecule is O=C(COC(=O)c1cc(-c2cccs2)nc2ccccc12)Nc1ncc(Cl)cc1Cl. The van der Waals surface area contributed by atoms with Crippen LogP contribution in [-0.4, -0.2) is 28.5 Å². The summed E-state index contributed by atoms with van der Waals surface area (Å²) in [5.74, 6) is -1.06. The summed E-state index contributed by atoms with van der Waals surface area (Å²) in [5, 5.41) is 5.59. The second kappa shape index (κ2) is 8.79. The van der Waals surface area contributed by atoms with Crippen LogP contribution < -0.4 is 5.32 Å². The number of nitrogens with one attached hydrogen (secondary N) is 1. The minimum atomic E-state index is -0.628. The molecule has 6 nitrogen and oxygen atoms in total. The molecule has 0 spiro atoms. The molecule has 1 aromatic carbocycles. The smallest absolute Gasteiger partial charge is 0.339 e. The first-order chi connectivity index (χ1) is 14.5. The summed E-state index contributed by atoms with van der Waals surface area (Å²) >= 11 is 13.3. The Balaban J connectivity index is 1.53. The lowest BCUT2D eigenvalue weighted by Gasteiger charge is -2.10. The van der Waals surface area contributed by atoms with Crippen LogP contribution in [-0.2, 0) is 9.53 Å². The number of hydrogen-bond donors (Lipinski definition) is 1. The highest BCUT2D eigenvalue weighted by Gasteiger charge is 2.17. The quantitative estimate of drug-likeness (QED) is 0.402. The maximum atomic E-state index is 12.8. The highest BCUT2D eigenvalue weighted by Crippen LogP contribution is 2.28. The van der Waals surface area contributed by atoms with Gasteiger partial charge in [-0.3, -0.25) is 4.79 Å². The van der Waals surface area contributed by atoms with E-state index >= 15 is 0 Å². The first-order valence-corrected chi connectivity index (χ1v) is 10.4. The number of amides is 1. The zero-order valence-electron chi connectivity index (χ0n) is 15.3. The molecule has 0 aliphatic rings. The lowest BCUT2D eigenvalue weighted by Crippen LogP contribution is -2.21. The standard InChI is InChI=1S/C21H13Cl2N3O3S/c22-12-8-15(23)20(24-10-12)26-19(27)11-29-21(28)14-9-17(18-6-3-7-30-18)25-16-5-2-1-4-13(14)16/h1-10H,11H2,(H,24,26,27). The summed E-state index contributed by atoms with van der Waals surface area (Å²) in [6, 6.07) is 14.2. The van der Waals surface area contributed by atoms with Crippen molar-refractivity contribution in [3.8, 4) is 10.6 Å². The van der Waals surface area contributed by atoms with Gasteiger partial charge in [-0.25, -0.2) is 14.8 Å². The second-order valence-electron chi connectivity index (χ2n) is 6.16. The molecule has 0 unspecified atom stereocenters. The molecule has 4 aromatic rings. The molecular weight excluding hydrogens is 445 g/mol. The van der Waals surface area contributed by atoms with E-state index in [0.29, 0.717) is 27.2 Å². The van der Waals surface area contributed by atoms with Crippen molar-refractivity contribution in [3.63, 3.8) is 0 Å². The van der Waals surface area contributed by atoms with Gasteiger partial charge in [-0.1, -0.05) is 47.5 Å². The van der Waals surface area contributed by atoms with Gasteiger partial charge in [0, 0.05) is 11.6 Å². The molecule has 3 aromatic heterocycles. The molecule has 0 radical (unpaired) electrons. The summed E-state index contributed by atoms with van der Waals surface area (Å²) in [6.07, 6.45) is 1.35. The minimum absolute atomic E-state index is 0.136. The Morgan fingerprint density at radius 2 is 1.93 bits per heavy atom. The van der Waals surface area contributed by atoms with Gasteiger partial charge in [-0.2, -0.15) is 0 Å². The third-order valence-electron chi connectivity index (χ3n) is 4.11. The molecule has 0 bridgehead atoms. The van der Waals surface area contributed by atoms with Crippen LogP contribution in [0.3, 0.4) is 0 Å². The van der Waals surface area contributed by atoms with Crippen LogP contribution >= 0.6 is 34.5 Å². The Hall–Kier alpha value is -3.00. The molecule has 0 saturated heterocycles. The number of fused-ring (bicyclic) bond motifs is 1. The third-order valence-corrected chi connectivity index (χ3v) is 5.50. The number of hydrogen-bond acceptors (Lipinski definition) is 6. The van der Waals surface area contributed by atoms with Crippen LogP contribution in [0.4, 0.5) is 5.82 Å². The average Bonchev–Trinajstić information content (AvgIpc) is 3.28. The predicted molar refractivity (Wildman–Crippen MR) is 118 cm³/mol. The summed E-state index contributed by atoms with van der Waals surface area (Å²) in [6.45, 7) is -0.496. The van der Waals surface area contributed by atoms with Crippen molar-refractivity contribution in [2.75, 3.05) is 11.9 Å². The van der Waals surface area contributed by atoms with Gasteiger partial charge in [0.1, 0.15) is 0 Å². The lowest BCUT2D eigenvalue weighted by molar-refractivity contribution is -0.119. The first kappa shape index (κ1) is 20.3. The zero-order chi connectivity index (χ0) is 21.1. The van der Waals surface area contributed by atoms with Crippen molar-refractivity contribution in [1.82, 2.24) is 9.97 Å². The molecule has 150 valence electrons. The second-order valence-corrected chi connectivity index (χ2v) is 7.95. The Bertz CT molecular complexity index is 1250. The van der Waals surface area contributed by atoms with Crippen molar-refractivity contribution < 1.29 is 14.3 Å². The summed E-state index contributed by atoms with van der Waals surface area (Å²) in [4.78, 5) is 34.4. The van der Waals surface area contributed by atoms with E-state index in [4.69, 9.17) is 27.9 Å². The average molecular weight is 458 g/mol. The number of nitrogens with zero attached hydrogens (tertiary/aromatic N) is 2. The predicted octanol–water partition coefficient (Wildman–Crippen LogP) is 5.46. The van der Waals surface area contributed by atoms with Crippen molar-refractivity contribution in [3.05, 3.63) is 75.7 Å². The van der Waals surface area contributed by atoms with Gasteiger partial charge in [0.2, 0.25) is 0 Å². The zero-order valence-corrected chi connectivity index (χ0v) is 17.6. The molecule has 0 aliphatic heterocycles. The van der Waals surface area contributed by atoms with Gasteiger partial charge in [0.25, 0.3) is 5.91 Å². The maximum absolute atomic E-state index is 12.8. The van der Waals surface area contributed by atoms with Crippen LogP contribution in [0.2, 0.25) is 10.0 Å². The van der Waals surface area contributed by atoms with Crippen molar-refractivity contribution in [2.45, 2.75) is 0 Å². The lowest BCUT2D eigenvalue weighted by atomic mass is 10.1. The fourth-order valence-electron chi connectivity index (χ4n) is 2.78. The van der Waals surface area contributed by atoms with E-state index in [2.05, 4.69) is 15.3 Å². The normalized spacial score (nSPS) is 10.7. The topological polar surface area (TPSA) is 81.2 Å². The third kappa shape index (κ3) is 4.43. The Morgan fingerprint density at radius 1 is 1.10 bits per heavy atom. The van der Waals surface area contributed by atoms with E-state index < -0.39 is 18.5 Å². The van der Waals surface area contributed by atoms with Crippen molar-refractivity contribution >= 4 is 63.1 Å². The van der Waals surface area contributed by atoms with E-state index in [1.807, 2.05) is 35.7 Å². The number of rotatable bonds is 5.